The molecule has 0 radical (unpaired) electrons. The lowest BCUT2D eigenvalue weighted by atomic mass is 9.95. The van der Waals surface area contributed by atoms with Crippen LogP contribution in [0, 0.1) is 6.92 Å². The van der Waals surface area contributed by atoms with E-state index in [1.54, 1.807) is 25.5 Å². The molecule has 35 heavy (non-hydrogen) atoms. The molecule has 1 aliphatic heterocycles. The predicted octanol–water partition coefficient (Wildman–Crippen LogP) is 3.18. The minimum atomic E-state index is -0.629. The van der Waals surface area contributed by atoms with Gasteiger partial charge in [0, 0.05) is 19.8 Å². The largest absolute Gasteiger partial charge is 0.496 e. The fourth-order valence-electron chi connectivity index (χ4n) is 4.14. The lowest BCUT2D eigenvalue weighted by Gasteiger charge is -2.25. The molecular weight excluding hydrogens is 462 g/mol. The molecule has 1 atom stereocenters. The van der Waals surface area contributed by atoms with Crippen LogP contribution in [0.1, 0.15) is 36.6 Å². The van der Waals surface area contributed by atoms with Gasteiger partial charge in [0.2, 0.25) is 0 Å². The van der Waals surface area contributed by atoms with E-state index in [4.69, 9.17) is 9.47 Å². The number of aryl methyl sites for hydroxylation is 1. The number of fused-ring (bicyclic) bond motifs is 1. The van der Waals surface area contributed by atoms with E-state index >= 15 is 0 Å². The summed E-state index contributed by atoms with van der Waals surface area (Å²) in [4.78, 5) is 33.9. The Kier molecular flexibility index (Phi) is 6.93. The average Bonchev–Trinajstić information content (AvgIpc) is 3.13. The van der Waals surface area contributed by atoms with Crippen molar-refractivity contribution >= 4 is 29.1 Å². The zero-order chi connectivity index (χ0) is 25.3. The van der Waals surface area contributed by atoms with Crippen molar-refractivity contribution in [2.24, 2.45) is 4.99 Å². The van der Waals surface area contributed by atoms with Crippen molar-refractivity contribution in [3.05, 3.63) is 90.1 Å². The molecule has 8 heteroatoms. The standard InChI is InChI=1S/C27H29N3O4S/c1-7-34-26(32)23-17(3)28-27-30(24(23)19-10-12-20(13-11-19)29(4)5)25(31)22(35-27)15-18-9-8-16(2)21(14-18)33-6/h8-15,24H,7H2,1-6H3/b22-15-/t24-/m1/s1. The molecule has 0 amide bonds. The van der Waals surface area contributed by atoms with Crippen molar-refractivity contribution in [1.29, 1.82) is 0 Å². The van der Waals surface area contributed by atoms with Gasteiger partial charge in [-0.15, -0.1) is 0 Å². The second kappa shape index (κ2) is 9.92. The van der Waals surface area contributed by atoms with Crippen LogP contribution >= 0.6 is 11.3 Å². The first kappa shape index (κ1) is 24.5. The molecule has 0 spiro atoms. The molecule has 3 aromatic rings. The van der Waals surface area contributed by atoms with Crippen molar-refractivity contribution in [2.45, 2.75) is 26.8 Å². The number of anilines is 1. The third-order valence-corrected chi connectivity index (χ3v) is 6.96. The van der Waals surface area contributed by atoms with Crippen LogP contribution in [0.5, 0.6) is 5.75 Å². The monoisotopic (exact) mass is 491 g/mol. The Morgan fingerprint density at radius 2 is 1.89 bits per heavy atom. The van der Waals surface area contributed by atoms with Crippen molar-refractivity contribution in [2.75, 3.05) is 32.7 Å². The summed E-state index contributed by atoms with van der Waals surface area (Å²) in [5.74, 6) is 0.291. The van der Waals surface area contributed by atoms with E-state index in [9.17, 15) is 9.59 Å². The van der Waals surface area contributed by atoms with Crippen LogP contribution in [-0.2, 0) is 9.53 Å². The van der Waals surface area contributed by atoms with Gasteiger partial charge in [-0.1, -0.05) is 35.6 Å². The van der Waals surface area contributed by atoms with Gasteiger partial charge in [-0.2, -0.15) is 0 Å². The number of carbonyl (C=O) groups is 1. The number of rotatable bonds is 6. The number of thiazole rings is 1. The minimum absolute atomic E-state index is 0.204. The third-order valence-electron chi connectivity index (χ3n) is 5.97. The van der Waals surface area contributed by atoms with Crippen LogP contribution in [0.25, 0.3) is 6.08 Å². The molecule has 2 heterocycles. The maximum atomic E-state index is 13.7. The lowest BCUT2D eigenvalue weighted by Crippen LogP contribution is -2.39. The number of methoxy groups -OCH3 is 1. The molecule has 1 aliphatic rings. The highest BCUT2D eigenvalue weighted by molar-refractivity contribution is 7.07. The summed E-state index contributed by atoms with van der Waals surface area (Å²) in [7, 11) is 5.56. The summed E-state index contributed by atoms with van der Waals surface area (Å²) in [6, 6.07) is 13.0. The van der Waals surface area contributed by atoms with Gasteiger partial charge in [0.1, 0.15) is 5.75 Å². The lowest BCUT2D eigenvalue weighted by molar-refractivity contribution is -0.139. The van der Waals surface area contributed by atoms with E-state index in [1.807, 2.05) is 74.5 Å². The maximum Gasteiger partial charge on any atom is 0.338 e. The second-order valence-electron chi connectivity index (χ2n) is 8.52. The number of esters is 1. The second-order valence-corrected chi connectivity index (χ2v) is 9.53. The van der Waals surface area contributed by atoms with Gasteiger partial charge in [0.05, 0.1) is 35.6 Å². The number of nitrogens with zero attached hydrogens (tertiary/aromatic N) is 3. The van der Waals surface area contributed by atoms with Crippen LogP contribution in [0.15, 0.2) is 63.5 Å². The van der Waals surface area contributed by atoms with Crippen molar-refractivity contribution < 1.29 is 14.3 Å². The van der Waals surface area contributed by atoms with Crippen LogP contribution in [0.4, 0.5) is 5.69 Å². The van der Waals surface area contributed by atoms with E-state index in [0.29, 0.717) is 20.6 Å². The fraction of sp³-hybridized carbons (Fsp3) is 0.296. The molecule has 0 bridgehead atoms. The van der Waals surface area contributed by atoms with Crippen LogP contribution in [0.3, 0.4) is 0 Å². The summed E-state index contributed by atoms with van der Waals surface area (Å²) in [5, 5.41) is 0. The summed E-state index contributed by atoms with van der Waals surface area (Å²) in [6.45, 7) is 5.76. The number of carbonyl (C=O) groups excluding carboxylic acids is 1. The smallest absolute Gasteiger partial charge is 0.338 e. The van der Waals surface area contributed by atoms with Crippen molar-refractivity contribution in [3.8, 4) is 5.75 Å². The molecule has 0 saturated carbocycles. The summed E-state index contributed by atoms with van der Waals surface area (Å²) < 4.78 is 12.9. The van der Waals surface area contributed by atoms with Gasteiger partial charge in [-0.05, 0) is 61.7 Å². The normalized spacial score (nSPS) is 15.5. The van der Waals surface area contributed by atoms with E-state index < -0.39 is 12.0 Å². The van der Waals surface area contributed by atoms with E-state index in [1.165, 1.54) is 11.3 Å². The molecule has 0 aliphatic carbocycles. The molecule has 0 saturated heterocycles. The molecule has 0 N–H and O–H groups in total. The van der Waals surface area contributed by atoms with Gasteiger partial charge >= 0.3 is 5.97 Å². The van der Waals surface area contributed by atoms with Crippen molar-refractivity contribution in [1.82, 2.24) is 4.57 Å². The van der Waals surface area contributed by atoms with E-state index in [0.717, 1.165) is 28.1 Å². The number of benzene rings is 2. The van der Waals surface area contributed by atoms with E-state index in [-0.39, 0.29) is 12.2 Å². The highest BCUT2D eigenvalue weighted by Gasteiger charge is 2.33. The zero-order valence-corrected chi connectivity index (χ0v) is 21.6. The Morgan fingerprint density at radius 3 is 2.51 bits per heavy atom. The Hall–Kier alpha value is -3.65. The first-order valence-corrected chi connectivity index (χ1v) is 12.2. The van der Waals surface area contributed by atoms with Gasteiger partial charge < -0.3 is 14.4 Å². The number of ether oxygens (including phenoxy) is 2. The van der Waals surface area contributed by atoms with Gasteiger partial charge in [0.15, 0.2) is 4.80 Å². The van der Waals surface area contributed by atoms with E-state index in [2.05, 4.69) is 4.99 Å². The van der Waals surface area contributed by atoms with Crippen LogP contribution < -0.4 is 24.5 Å². The quantitative estimate of drug-likeness (QED) is 0.495. The summed E-state index contributed by atoms with van der Waals surface area (Å²) in [5.41, 5.74) is 4.43. The predicted molar refractivity (Wildman–Crippen MR) is 139 cm³/mol. The van der Waals surface area contributed by atoms with Crippen molar-refractivity contribution in [3.63, 3.8) is 0 Å². The maximum absolute atomic E-state index is 13.7. The molecular formula is C27H29N3O4S. The van der Waals surface area contributed by atoms with Crippen LogP contribution in [0.2, 0.25) is 0 Å². The number of hydrogen-bond donors (Lipinski definition) is 0. The topological polar surface area (TPSA) is 73.1 Å². The molecule has 2 aromatic carbocycles. The Morgan fingerprint density at radius 1 is 1.17 bits per heavy atom. The Balaban J connectivity index is 1.92. The average molecular weight is 492 g/mol. The Bertz CT molecular complexity index is 1480. The molecule has 182 valence electrons. The van der Waals surface area contributed by atoms with Gasteiger partial charge in [-0.3, -0.25) is 9.36 Å². The fourth-order valence-corrected chi connectivity index (χ4v) is 5.19. The summed E-state index contributed by atoms with van der Waals surface area (Å²) in [6.07, 6.45) is 1.83. The van der Waals surface area contributed by atoms with Gasteiger partial charge in [0.25, 0.3) is 5.56 Å². The number of hydrogen-bond acceptors (Lipinski definition) is 7. The third kappa shape index (κ3) is 4.66. The highest BCUT2D eigenvalue weighted by Crippen LogP contribution is 2.31. The SMILES string of the molecule is CCOC(=O)C1=C(C)N=c2s/c(=C\c3ccc(C)c(OC)c3)c(=O)n2[C@@H]1c1ccc(N(C)C)cc1. The number of allylic oxidation sites excluding steroid dienone is 1. The molecule has 0 unspecified atom stereocenters. The highest BCUT2D eigenvalue weighted by atomic mass is 32.1. The van der Waals surface area contributed by atoms with Crippen LogP contribution in [-0.4, -0.2) is 38.3 Å². The molecule has 7 nitrogen and oxygen atoms in total. The number of aromatic nitrogens is 1. The first-order chi connectivity index (χ1) is 16.7. The molecule has 1 aromatic heterocycles. The zero-order valence-electron chi connectivity index (χ0n) is 20.8. The minimum Gasteiger partial charge on any atom is -0.496 e. The Labute approximate surface area is 208 Å². The molecule has 4 rings (SSSR count). The first-order valence-electron chi connectivity index (χ1n) is 11.4. The van der Waals surface area contributed by atoms with Gasteiger partial charge in [-0.25, -0.2) is 9.79 Å². The summed E-state index contributed by atoms with van der Waals surface area (Å²) >= 11 is 1.30. The molecule has 0 fully saturated rings.